The SMILES string of the molecule is C=CCN(C)C[C@H]1CN2CC[C@H]1C[C@@H]2CNC(=S)Nc1ccccc1. The first-order valence-electron chi connectivity index (χ1n) is 9.29. The molecule has 0 aromatic heterocycles. The molecule has 3 fully saturated rings. The number of thiocarbonyl (C=S) groups is 1. The number of benzene rings is 1. The molecule has 2 bridgehead atoms. The lowest BCUT2D eigenvalue weighted by Crippen LogP contribution is -2.58. The van der Waals surface area contributed by atoms with E-state index in [0.717, 1.165) is 35.7 Å². The van der Waals surface area contributed by atoms with Gasteiger partial charge in [-0.2, -0.15) is 0 Å². The summed E-state index contributed by atoms with van der Waals surface area (Å²) < 4.78 is 0. The maximum atomic E-state index is 5.44. The Morgan fingerprint density at radius 1 is 1.40 bits per heavy atom. The fraction of sp³-hybridized carbons (Fsp3) is 0.550. The van der Waals surface area contributed by atoms with E-state index in [1.165, 1.54) is 32.5 Å². The van der Waals surface area contributed by atoms with Crippen LogP contribution in [0.25, 0.3) is 0 Å². The van der Waals surface area contributed by atoms with Gasteiger partial charge in [-0.05, 0) is 62.6 Å². The van der Waals surface area contributed by atoms with Crippen LogP contribution in [0.5, 0.6) is 0 Å². The molecule has 1 aromatic carbocycles. The molecule has 3 aliphatic rings. The first-order valence-corrected chi connectivity index (χ1v) is 9.70. The molecular formula is C20H30N4S. The van der Waals surface area contributed by atoms with Crippen molar-refractivity contribution in [1.82, 2.24) is 15.1 Å². The van der Waals surface area contributed by atoms with Gasteiger partial charge in [0.1, 0.15) is 0 Å². The molecule has 2 N–H and O–H groups in total. The zero-order chi connectivity index (χ0) is 17.6. The van der Waals surface area contributed by atoms with Crippen molar-refractivity contribution in [3.05, 3.63) is 43.0 Å². The lowest BCUT2D eigenvalue weighted by Gasteiger charge is -2.50. The minimum atomic E-state index is 0.607. The van der Waals surface area contributed by atoms with Gasteiger partial charge in [0.25, 0.3) is 0 Å². The van der Waals surface area contributed by atoms with Crippen LogP contribution in [0.15, 0.2) is 43.0 Å². The van der Waals surface area contributed by atoms with Crippen LogP contribution >= 0.6 is 12.2 Å². The summed E-state index contributed by atoms with van der Waals surface area (Å²) in [6.45, 7) is 9.40. The second-order valence-corrected chi connectivity index (χ2v) is 7.81. The van der Waals surface area contributed by atoms with E-state index in [2.05, 4.69) is 34.1 Å². The zero-order valence-corrected chi connectivity index (χ0v) is 16.0. The summed E-state index contributed by atoms with van der Waals surface area (Å²) in [6, 6.07) is 10.7. The molecule has 136 valence electrons. The number of fused-ring (bicyclic) bond motifs is 3. The molecule has 0 aliphatic carbocycles. The standard InChI is InChI=1S/C20H30N4S/c1-3-10-23(2)14-17-15-24-11-9-16(17)12-19(24)13-21-20(25)22-18-7-5-4-6-8-18/h3-8,16-17,19H,1,9-15H2,2H3,(H2,21,22,25)/t16-,17-,19+/m0/s1. The van der Waals surface area contributed by atoms with Gasteiger partial charge in [0.05, 0.1) is 0 Å². The second kappa shape index (κ2) is 8.79. The van der Waals surface area contributed by atoms with Crippen LogP contribution in [0.3, 0.4) is 0 Å². The number of nitrogens with zero attached hydrogens (tertiary/aromatic N) is 2. The quantitative estimate of drug-likeness (QED) is 0.578. The van der Waals surface area contributed by atoms with Crippen LogP contribution in [0.2, 0.25) is 0 Å². The Balaban J connectivity index is 1.44. The number of rotatable bonds is 7. The van der Waals surface area contributed by atoms with E-state index in [0.29, 0.717) is 6.04 Å². The largest absolute Gasteiger partial charge is 0.361 e. The molecule has 3 aliphatic heterocycles. The van der Waals surface area contributed by atoms with Gasteiger partial charge in [0, 0.05) is 37.9 Å². The van der Waals surface area contributed by atoms with Gasteiger partial charge >= 0.3 is 0 Å². The molecule has 25 heavy (non-hydrogen) atoms. The van der Waals surface area contributed by atoms with Crippen molar-refractivity contribution < 1.29 is 0 Å². The van der Waals surface area contributed by atoms with E-state index in [9.17, 15) is 0 Å². The first kappa shape index (κ1) is 18.4. The highest BCUT2D eigenvalue weighted by atomic mass is 32.1. The van der Waals surface area contributed by atoms with E-state index in [1.54, 1.807) is 0 Å². The third-order valence-electron chi connectivity index (χ3n) is 5.53. The van der Waals surface area contributed by atoms with Gasteiger partial charge in [0.2, 0.25) is 0 Å². The molecule has 1 aromatic rings. The number of hydrogen-bond donors (Lipinski definition) is 2. The minimum Gasteiger partial charge on any atom is -0.361 e. The Morgan fingerprint density at radius 2 is 2.20 bits per heavy atom. The van der Waals surface area contributed by atoms with Crippen molar-refractivity contribution in [3.8, 4) is 0 Å². The summed E-state index contributed by atoms with van der Waals surface area (Å²) in [5.74, 6) is 1.64. The Labute approximate surface area is 157 Å². The molecule has 3 heterocycles. The summed E-state index contributed by atoms with van der Waals surface area (Å²) in [5, 5.41) is 7.40. The summed E-state index contributed by atoms with van der Waals surface area (Å²) in [6.07, 6.45) is 4.62. The number of hydrogen-bond acceptors (Lipinski definition) is 3. The number of nitrogens with one attached hydrogen (secondary N) is 2. The van der Waals surface area contributed by atoms with Gasteiger partial charge in [-0.1, -0.05) is 24.3 Å². The molecule has 5 heteroatoms. The zero-order valence-electron chi connectivity index (χ0n) is 15.2. The third kappa shape index (κ3) is 5.03. The number of anilines is 1. The number of para-hydroxylation sites is 1. The molecule has 1 unspecified atom stereocenters. The summed E-state index contributed by atoms with van der Waals surface area (Å²) in [5.41, 5.74) is 1.04. The fourth-order valence-electron chi connectivity index (χ4n) is 4.27. The van der Waals surface area contributed by atoms with Gasteiger partial charge in [-0.3, -0.25) is 4.90 Å². The lowest BCUT2D eigenvalue weighted by molar-refractivity contribution is -0.00663. The van der Waals surface area contributed by atoms with Crippen LogP contribution in [0, 0.1) is 11.8 Å². The van der Waals surface area contributed by atoms with Crippen molar-refractivity contribution in [3.63, 3.8) is 0 Å². The second-order valence-electron chi connectivity index (χ2n) is 7.40. The Hall–Kier alpha value is -1.43. The van der Waals surface area contributed by atoms with Gasteiger partial charge in [-0.15, -0.1) is 6.58 Å². The monoisotopic (exact) mass is 358 g/mol. The summed E-state index contributed by atoms with van der Waals surface area (Å²) in [4.78, 5) is 5.05. The minimum absolute atomic E-state index is 0.607. The summed E-state index contributed by atoms with van der Waals surface area (Å²) in [7, 11) is 2.20. The maximum absolute atomic E-state index is 5.44. The fourth-order valence-corrected chi connectivity index (χ4v) is 4.47. The van der Waals surface area contributed by atoms with Crippen molar-refractivity contribution in [1.29, 1.82) is 0 Å². The maximum Gasteiger partial charge on any atom is 0.170 e. The summed E-state index contributed by atoms with van der Waals surface area (Å²) >= 11 is 5.44. The van der Waals surface area contributed by atoms with Crippen LogP contribution in [0.1, 0.15) is 12.8 Å². The van der Waals surface area contributed by atoms with Crippen molar-refractivity contribution >= 4 is 23.0 Å². The van der Waals surface area contributed by atoms with Gasteiger partial charge in [0.15, 0.2) is 5.11 Å². The predicted octanol–water partition coefficient (Wildman–Crippen LogP) is 2.80. The molecule has 4 atom stereocenters. The predicted molar refractivity (Wildman–Crippen MR) is 110 cm³/mol. The molecular weight excluding hydrogens is 328 g/mol. The highest BCUT2D eigenvalue weighted by Crippen LogP contribution is 2.36. The Morgan fingerprint density at radius 3 is 2.88 bits per heavy atom. The van der Waals surface area contributed by atoms with Crippen molar-refractivity contribution in [2.45, 2.75) is 18.9 Å². The van der Waals surface area contributed by atoms with Crippen LogP contribution < -0.4 is 10.6 Å². The van der Waals surface area contributed by atoms with E-state index in [-0.39, 0.29) is 0 Å². The number of likely N-dealkylation sites (N-methyl/N-ethyl adjacent to an activating group) is 1. The van der Waals surface area contributed by atoms with Gasteiger partial charge < -0.3 is 15.5 Å². The molecule has 0 saturated carbocycles. The van der Waals surface area contributed by atoms with E-state index < -0.39 is 0 Å². The van der Waals surface area contributed by atoms with Gasteiger partial charge in [-0.25, -0.2) is 0 Å². The smallest absolute Gasteiger partial charge is 0.170 e. The Bertz CT molecular complexity index is 576. The van der Waals surface area contributed by atoms with Crippen LogP contribution in [-0.2, 0) is 0 Å². The topological polar surface area (TPSA) is 30.5 Å². The highest BCUT2D eigenvalue weighted by molar-refractivity contribution is 7.80. The van der Waals surface area contributed by atoms with E-state index >= 15 is 0 Å². The normalized spacial score (nSPS) is 27.9. The highest BCUT2D eigenvalue weighted by Gasteiger charge is 2.39. The average molecular weight is 359 g/mol. The van der Waals surface area contributed by atoms with Crippen molar-refractivity contribution in [2.24, 2.45) is 11.8 Å². The molecule has 0 amide bonds. The number of piperidine rings is 3. The van der Waals surface area contributed by atoms with E-state index in [4.69, 9.17) is 12.2 Å². The lowest BCUT2D eigenvalue weighted by atomic mass is 9.75. The van der Waals surface area contributed by atoms with Crippen LogP contribution in [0.4, 0.5) is 5.69 Å². The van der Waals surface area contributed by atoms with Crippen molar-refractivity contribution in [2.75, 3.05) is 45.1 Å². The first-order chi connectivity index (χ1) is 12.2. The molecule has 0 spiro atoms. The Kier molecular flexibility index (Phi) is 6.45. The van der Waals surface area contributed by atoms with Crippen LogP contribution in [-0.4, -0.2) is 60.7 Å². The average Bonchev–Trinajstić information content (AvgIpc) is 2.62. The molecule has 4 rings (SSSR count). The third-order valence-corrected chi connectivity index (χ3v) is 5.78. The molecule has 0 radical (unpaired) electrons. The molecule has 4 nitrogen and oxygen atoms in total. The van der Waals surface area contributed by atoms with E-state index in [1.807, 2.05) is 36.4 Å². The molecule has 3 saturated heterocycles.